The molecule has 0 N–H and O–H groups in total. The molecule has 1 unspecified atom stereocenters. The van der Waals surface area contributed by atoms with Gasteiger partial charge in [-0.3, -0.25) is 4.79 Å². The van der Waals surface area contributed by atoms with E-state index in [-0.39, 0.29) is 11.7 Å². The molecule has 0 saturated heterocycles. The number of hydrogen-bond acceptors (Lipinski definition) is 1. The maximum Gasteiger partial charge on any atom is 0.170 e. The Bertz CT molecular complexity index is 729. The molecule has 0 amide bonds. The molecule has 0 fully saturated rings. The summed E-state index contributed by atoms with van der Waals surface area (Å²) in [5.41, 5.74) is 3.33. The standard InChI is InChI=1S/C19H18O/c1-13-7-5-11-16(13)14(2)19(20)18-12-6-9-15-8-3-4-10-17(15)18/h3-10,12,14H,11H2,1-2H3. The maximum atomic E-state index is 12.8. The highest BCUT2D eigenvalue weighted by molar-refractivity contribution is 6.10. The van der Waals surface area contributed by atoms with Crippen molar-refractivity contribution in [3.8, 4) is 0 Å². The number of Topliss-reactive ketones (excluding diaryl/α,β-unsaturated/α-hetero) is 1. The van der Waals surface area contributed by atoms with E-state index >= 15 is 0 Å². The van der Waals surface area contributed by atoms with Crippen LogP contribution in [-0.4, -0.2) is 5.78 Å². The minimum Gasteiger partial charge on any atom is -0.293 e. The Morgan fingerprint density at radius 2 is 1.85 bits per heavy atom. The molecule has 2 aromatic rings. The van der Waals surface area contributed by atoms with Crippen LogP contribution in [0.25, 0.3) is 10.8 Å². The maximum absolute atomic E-state index is 12.8. The van der Waals surface area contributed by atoms with Crippen LogP contribution in [0.4, 0.5) is 0 Å². The van der Waals surface area contributed by atoms with E-state index in [0.717, 1.165) is 22.8 Å². The fraction of sp³-hybridized carbons (Fsp3) is 0.211. The van der Waals surface area contributed by atoms with E-state index in [1.54, 1.807) is 0 Å². The Labute approximate surface area is 119 Å². The van der Waals surface area contributed by atoms with Gasteiger partial charge < -0.3 is 0 Å². The minimum atomic E-state index is -0.0455. The SMILES string of the molecule is CC1=C(C(C)C(=O)c2cccc3ccccc23)CC=C1. The molecule has 0 radical (unpaired) electrons. The zero-order chi connectivity index (χ0) is 14.1. The molecule has 1 aliphatic rings. The number of rotatable bonds is 3. The summed E-state index contributed by atoms with van der Waals surface area (Å²) >= 11 is 0. The van der Waals surface area contributed by atoms with E-state index < -0.39 is 0 Å². The van der Waals surface area contributed by atoms with Gasteiger partial charge >= 0.3 is 0 Å². The molecule has 0 bridgehead atoms. The zero-order valence-electron chi connectivity index (χ0n) is 11.9. The number of fused-ring (bicyclic) bond motifs is 1. The van der Waals surface area contributed by atoms with E-state index in [0.29, 0.717) is 0 Å². The highest BCUT2D eigenvalue weighted by Gasteiger charge is 2.22. The third kappa shape index (κ3) is 2.09. The molecule has 0 aromatic heterocycles. The van der Waals surface area contributed by atoms with Gasteiger partial charge in [0.15, 0.2) is 5.78 Å². The predicted molar refractivity (Wildman–Crippen MR) is 83.9 cm³/mol. The summed E-state index contributed by atoms with van der Waals surface area (Å²) < 4.78 is 0. The first-order chi connectivity index (χ1) is 9.68. The third-order valence-electron chi connectivity index (χ3n) is 4.18. The van der Waals surface area contributed by atoms with Crippen LogP contribution in [0, 0.1) is 5.92 Å². The van der Waals surface area contributed by atoms with Gasteiger partial charge in [-0.05, 0) is 24.1 Å². The lowest BCUT2D eigenvalue weighted by Gasteiger charge is -2.15. The predicted octanol–water partition coefficient (Wildman–Crippen LogP) is 4.94. The second-order valence-electron chi connectivity index (χ2n) is 5.43. The quantitative estimate of drug-likeness (QED) is 0.716. The average molecular weight is 262 g/mol. The Morgan fingerprint density at radius 1 is 1.10 bits per heavy atom. The summed E-state index contributed by atoms with van der Waals surface area (Å²) in [6.45, 7) is 4.11. The topological polar surface area (TPSA) is 17.1 Å². The molecular formula is C19H18O. The summed E-state index contributed by atoms with van der Waals surface area (Å²) in [6, 6.07) is 14.1. The summed E-state index contributed by atoms with van der Waals surface area (Å²) in [6.07, 6.45) is 5.16. The number of carbonyl (C=O) groups is 1. The van der Waals surface area contributed by atoms with Gasteiger partial charge in [0, 0.05) is 11.5 Å². The molecule has 20 heavy (non-hydrogen) atoms. The first-order valence-electron chi connectivity index (χ1n) is 7.06. The fourth-order valence-corrected chi connectivity index (χ4v) is 2.98. The number of hydrogen-bond donors (Lipinski definition) is 0. The zero-order valence-corrected chi connectivity index (χ0v) is 11.9. The largest absolute Gasteiger partial charge is 0.293 e. The summed E-state index contributed by atoms with van der Waals surface area (Å²) in [5.74, 6) is 0.177. The lowest BCUT2D eigenvalue weighted by atomic mass is 9.88. The fourth-order valence-electron chi connectivity index (χ4n) is 2.98. The molecule has 0 aliphatic heterocycles. The molecule has 1 nitrogen and oxygen atoms in total. The molecule has 0 spiro atoms. The second kappa shape index (κ2) is 5.09. The van der Waals surface area contributed by atoms with Crippen molar-refractivity contribution < 1.29 is 4.79 Å². The molecular weight excluding hydrogens is 244 g/mol. The van der Waals surface area contributed by atoms with E-state index in [9.17, 15) is 4.79 Å². The van der Waals surface area contributed by atoms with Crippen molar-refractivity contribution >= 4 is 16.6 Å². The number of benzene rings is 2. The van der Waals surface area contributed by atoms with Crippen molar-refractivity contribution in [2.75, 3.05) is 0 Å². The molecule has 3 rings (SSSR count). The van der Waals surface area contributed by atoms with E-state index in [4.69, 9.17) is 0 Å². The van der Waals surface area contributed by atoms with Crippen LogP contribution < -0.4 is 0 Å². The van der Waals surface area contributed by atoms with E-state index in [1.807, 2.05) is 37.3 Å². The lowest BCUT2D eigenvalue weighted by Crippen LogP contribution is -2.14. The first-order valence-corrected chi connectivity index (χ1v) is 7.06. The van der Waals surface area contributed by atoms with Gasteiger partial charge in [-0.25, -0.2) is 0 Å². The van der Waals surface area contributed by atoms with Crippen LogP contribution in [-0.2, 0) is 0 Å². The van der Waals surface area contributed by atoms with Crippen molar-refractivity contribution in [3.05, 3.63) is 71.3 Å². The van der Waals surface area contributed by atoms with Gasteiger partial charge in [-0.1, -0.05) is 72.7 Å². The molecule has 1 atom stereocenters. The van der Waals surface area contributed by atoms with Crippen LogP contribution >= 0.6 is 0 Å². The van der Waals surface area contributed by atoms with Crippen LogP contribution in [0.3, 0.4) is 0 Å². The van der Waals surface area contributed by atoms with Crippen molar-refractivity contribution in [2.45, 2.75) is 20.3 Å². The summed E-state index contributed by atoms with van der Waals surface area (Å²) in [5, 5.41) is 2.18. The summed E-state index contributed by atoms with van der Waals surface area (Å²) in [7, 11) is 0. The highest BCUT2D eigenvalue weighted by Crippen LogP contribution is 2.30. The molecule has 1 aliphatic carbocycles. The van der Waals surface area contributed by atoms with Crippen LogP contribution in [0.1, 0.15) is 30.6 Å². The first kappa shape index (κ1) is 12.9. The Balaban J connectivity index is 2.03. The van der Waals surface area contributed by atoms with Crippen LogP contribution in [0.15, 0.2) is 65.8 Å². The van der Waals surface area contributed by atoms with Crippen molar-refractivity contribution in [1.29, 1.82) is 0 Å². The van der Waals surface area contributed by atoms with Gasteiger partial charge in [0.05, 0.1) is 0 Å². The Kier molecular flexibility index (Phi) is 3.27. The van der Waals surface area contributed by atoms with Crippen LogP contribution in [0.2, 0.25) is 0 Å². The van der Waals surface area contributed by atoms with Gasteiger partial charge in [-0.2, -0.15) is 0 Å². The van der Waals surface area contributed by atoms with Gasteiger partial charge in [0.1, 0.15) is 0 Å². The number of allylic oxidation sites excluding steroid dienone is 4. The summed E-state index contributed by atoms with van der Waals surface area (Å²) in [4.78, 5) is 12.8. The van der Waals surface area contributed by atoms with Crippen LogP contribution in [0.5, 0.6) is 0 Å². The average Bonchev–Trinajstić information content (AvgIpc) is 2.91. The number of ketones is 1. The van der Waals surface area contributed by atoms with Crippen molar-refractivity contribution in [1.82, 2.24) is 0 Å². The molecule has 0 saturated carbocycles. The smallest absolute Gasteiger partial charge is 0.170 e. The number of carbonyl (C=O) groups excluding carboxylic acids is 1. The van der Waals surface area contributed by atoms with E-state index in [2.05, 4.69) is 31.2 Å². The highest BCUT2D eigenvalue weighted by atomic mass is 16.1. The molecule has 1 heteroatoms. The Hall–Kier alpha value is -2.15. The van der Waals surface area contributed by atoms with E-state index in [1.165, 1.54) is 11.1 Å². The van der Waals surface area contributed by atoms with Gasteiger partial charge in [0.2, 0.25) is 0 Å². The second-order valence-corrected chi connectivity index (χ2v) is 5.43. The van der Waals surface area contributed by atoms with Crippen molar-refractivity contribution in [2.24, 2.45) is 5.92 Å². The minimum absolute atomic E-state index is 0.0455. The monoisotopic (exact) mass is 262 g/mol. The molecule has 2 aromatic carbocycles. The third-order valence-corrected chi connectivity index (χ3v) is 4.18. The van der Waals surface area contributed by atoms with Crippen molar-refractivity contribution in [3.63, 3.8) is 0 Å². The van der Waals surface area contributed by atoms with Gasteiger partial charge in [0.25, 0.3) is 0 Å². The normalized spacial score (nSPS) is 15.9. The van der Waals surface area contributed by atoms with Gasteiger partial charge in [-0.15, -0.1) is 0 Å². The molecule has 100 valence electrons. The Morgan fingerprint density at radius 3 is 2.60 bits per heavy atom. The molecule has 0 heterocycles. The lowest BCUT2D eigenvalue weighted by molar-refractivity contribution is 0.0948.